The van der Waals surface area contributed by atoms with Crippen molar-refractivity contribution in [2.24, 2.45) is 0 Å². The van der Waals surface area contributed by atoms with Gasteiger partial charge in [-0.2, -0.15) is 0 Å². The zero-order valence-corrected chi connectivity index (χ0v) is 8.50. The maximum Gasteiger partial charge on any atom is 0.240 e. The molecule has 0 spiro atoms. The predicted molar refractivity (Wildman–Crippen MR) is 56.0 cm³/mol. The summed E-state index contributed by atoms with van der Waals surface area (Å²) in [5.41, 5.74) is 6.41. The summed E-state index contributed by atoms with van der Waals surface area (Å²) < 4.78 is 0. The topological polar surface area (TPSA) is 32.3 Å². The third kappa shape index (κ3) is 1.58. The highest BCUT2D eigenvalue weighted by Gasteiger charge is 2.18. The number of hydrogen-bond donors (Lipinski definition) is 1. The molecule has 0 unspecified atom stereocenters. The van der Waals surface area contributed by atoms with Crippen molar-refractivity contribution < 1.29 is 4.79 Å². The van der Waals surface area contributed by atoms with Gasteiger partial charge in [0.25, 0.3) is 0 Å². The van der Waals surface area contributed by atoms with Crippen LogP contribution in [0, 0.1) is 13.8 Å². The van der Waals surface area contributed by atoms with Gasteiger partial charge in [0.05, 0.1) is 5.69 Å². The lowest BCUT2D eigenvalue weighted by molar-refractivity contribution is -0.119. The van der Waals surface area contributed by atoms with Crippen molar-refractivity contribution >= 4 is 11.6 Å². The van der Waals surface area contributed by atoms with Crippen molar-refractivity contribution in [1.82, 2.24) is 5.43 Å². The Balaban J connectivity index is 2.24. The smallest absolute Gasteiger partial charge is 0.240 e. The van der Waals surface area contributed by atoms with E-state index in [0.717, 1.165) is 12.2 Å². The van der Waals surface area contributed by atoms with Crippen LogP contribution in [0.4, 0.5) is 5.69 Å². The molecule has 3 nitrogen and oxygen atoms in total. The molecule has 14 heavy (non-hydrogen) atoms. The molecule has 1 fully saturated rings. The Kier molecular flexibility index (Phi) is 2.15. The van der Waals surface area contributed by atoms with Crippen LogP contribution >= 0.6 is 0 Å². The van der Waals surface area contributed by atoms with Gasteiger partial charge >= 0.3 is 0 Å². The standard InChI is InChI=1S/C11H14N2O/c1-8-3-4-10(7-9(8)2)13-6-5-11(14)12-13/h3-4,7H,5-6H2,1-2H3,(H,12,14). The average molecular weight is 190 g/mol. The van der Waals surface area contributed by atoms with Crippen LogP contribution in [-0.2, 0) is 4.79 Å². The van der Waals surface area contributed by atoms with Crippen LogP contribution in [-0.4, -0.2) is 12.5 Å². The Morgan fingerprint density at radius 1 is 1.29 bits per heavy atom. The zero-order valence-electron chi connectivity index (χ0n) is 8.50. The quantitative estimate of drug-likeness (QED) is 0.728. The maximum atomic E-state index is 11.0. The average Bonchev–Trinajstić information content (AvgIpc) is 2.57. The number of carbonyl (C=O) groups excluding carboxylic acids is 1. The first-order valence-corrected chi connectivity index (χ1v) is 4.81. The van der Waals surface area contributed by atoms with Gasteiger partial charge in [-0.05, 0) is 37.1 Å². The fourth-order valence-corrected chi connectivity index (χ4v) is 1.56. The van der Waals surface area contributed by atoms with E-state index >= 15 is 0 Å². The van der Waals surface area contributed by atoms with Gasteiger partial charge in [0.2, 0.25) is 5.91 Å². The number of amides is 1. The summed E-state index contributed by atoms with van der Waals surface area (Å²) in [4.78, 5) is 11.0. The number of hydrogen-bond acceptors (Lipinski definition) is 2. The summed E-state index contributed by atoms with van der Waals surface area (Å²) in [6.45, 7) is 4.93. The third-order valence-corrected chi connectivity index (χ3v) is 2.62. The fraction of sp³-hybridized carbons (Fsp3) is 0.364. The van der Waals surface area contributed by atoms with Crippen molar-refractivity contribution in [3.63, 3.8) is 0 Å². The lowest BCUT2D eigenvalue weighted by atomic mass is 10.1. The lowest BCUT2D eigenvalue weighted by Crippen LogP contribution is -2.32. The minimum atomic E-state index is 0.100. The molecule has 0 bridgehead atoms. The van der Waals surface area contributed by atoms with Gasteiger partial charge in [-0.25, -0.2) is 0 Å². The first kappa shape index (κ1) is 9.06. The Bertz CT molecular complexity index is 374. The van der Waals surface area contributed by atoms with Crippen molar-refractivity contribution in [3.8, 4) is 0 Å². The minimum absolute atomic E-state index is 0.100. The van der Waals surface area contributed by atoms with Gasteiger partial charge < -0.3 is 0 Å². The van der Waals surface area contributed by atoms with Gasteiger partial charge in [0, 0.05) is 13.0 Å². The van der Waals surface area contributed by atoms with E-state index in [1.165, 1.54) is 11.1 Å². The molecule has 2 rings (SSSR count). The number of nitrogens with zero attached hydrogens (tertiary/aromatic N) is 1. The van der Waals surface area contributed by atoms with Crippen LogP contribution in [0.1, 0.15) is 17.5 Å². The van der Waals surface area contributed by atoms with Crippen LogP contribution in [0.15, 0.2) is 18.2 Å². The Labute approximate surface area is 83.7 Å². The van der Waals surface area contributed by atoms with Crippen molar-refractivity contribution in [2.75, 3.05) is 11.6 Å². The molecule has 3 heteroatoms. The highest BCUT2D eigenvalue weighted by atomic mass is 16.2. The fourth-order valence-electron chi connectivity index (χ4n) is 1.56. The second-order valence-corrected chi connectivity index (χ2v) is 3.71. The van der Waals surface area contributed by atoms with Gasteiger partial charge in [-0.1, -0.05) is 6.07 Å². The molecule has 0 radical (unpaired) electrons. The summed E-state index contributed by atoms with van der Waals surface area (Å²) in [7, 11) is 0. The summed E-state index contributed by atoms with van der Waals surface area (Å²) in [6, 6.07) is 6.21. The summed E-state index contributed by atoms with van der Waals surface area (Å²) in [5.74, 6) is 0.100. The molecular weight excluding hydrogens is 176 g/mol. The highest BCUT2D eigenvalue weighted by Crippen LogP contribution is 2.19. The number of hydrazine groups is 1. The molecule has 1 N–H and O–H groups in total. The van der Waals surface area contributed by atoms with E-state index in [0.29, 0.717) is 6.42 Å². The second-order valence-electron chi connectivity index (χ2n) is 3.71. The number of benzene rings is 1. The molecule has 0 aromatic heterocycles. The number of aryl methyl sites for hydroxylation is 2. The Morgan fingerprint density at radius 3 is 2.64 bits per heavy atom. The monoisotopic (exact) mass is 190 g/mol. The molecule has 1 aliphatic heterocycles. The third-order valence-electron chi connectivity index (χ3n) is 2.62. The summed E-state index contributed by atoms with van der Waals surface area (Å²) in [6.07, 6.45) is 0.590. The van der Waals surface area contributed by atoms with Crippen LogP contribution in [0.3, 0.4) is 0 Å². The summed E-state index contributed by atoms with van der Waals surface area (Å²) >= 11 is 0. The first-order chi connectivity index (χ1) is 6.66. The molecule has 1 aromatic rings. The molecule has 0 atom stereocenters. The van der Waals surface area contributed by atoms with E-state index in [2.05, 4.69) is 31.4 Å². The minimum Gasteiger partial charge on any atom is -0.285 e. The molecule has 1 aromatic carbocycles. The molecule has 0 aliphatic carbocycles. The maximum absolute atomic E-state index is 11.0. The van der Waals surface area contributed by atoms with Crippen molar-refractivity contribution in [2.45, 2.75) is 20.3 Å². The first-order valence-electron chi connectivity index (χ1n) is 4.81. The van der Waals surface area contributed by atoms with Gasteiger partial charge in [-0.3, -0.25) is 15.2 Å². The highest BCUT2D eigenvalue weighted by molar-refractivity contribution is 5.81. The van der Waals surface area contributed by atoms with Crippen LogP contribution in [0.5, 0.6) is 0 Å². The molecule has 1 saturated heterocycles. The molecule has 1 amide bonds. The second kappa shape index (κ2) is 3.33. The zero-order chi connectivity index (χ0) is 10.1. The number of rotatable bonds is 1. The number of anilines is 1. The molecule has 1 aliphatic rings. The van der Waals surface area contributed by atoms with Gasteiger partial charge in [0.1, 0.15) is 0 Å². The molecule has 74 valence electrons. The van der Waals surface area contributed by atoms with Crippen LogP contribution < -0.4 is 10.4 Å². The largest absolute Gasteiger partial charge is 0.285 e. The number of nitrogens with one attached hydrogen (secondary N) is 1. The lowest BCUT2D eigenvalue weighted by Gasteiger charge is -2.18. The summed E-state index contributed by atoms with van der Waals surface area (Å²) in [5, 5.41) is 1.90. The van der Waals surface area contributed by atoms with Crippen molar-refractivity contribution in [1.29, 1.82) is 0 Å². The number of carbonyl (C=O) groups is 1. The van der Waals surface area contributed by atoms with E-state index in [1.54, 1.807) is 0 Å². The van der Waals surface area contributed by atoms with E-state index in [1.807, 2.05) is 11.1 Å². The van der Waals surface area contributed by atoms with E-state index in [9.17, 15) is 4.79 Å². The van der Waals surface area contributed by atoms with Crippen molar-refractivity contribution in [3.05, 3.63) is 29.3 Å². The molecular formula is C11H14N2O. The van der Waals surface area contributed by atoms with E-state index < -0.39 is 0 Å². The normalized spacial score (nSPS) is 15.9. The van der Waals surface area contributed by atoms with Gasteiger partial charge in [0.15, 0.2) is 0 Å². The Hall–Kier alpha value is -1.51. The molecule has 1 heterocycles. The van der Waals surface area contributed by atoms with Gasteiger partial charge in [-0.15, -0.1) is 0 Å². The SMILES string of the molecule is Cc1ccc(N2CCC(=O)N2)cc1C. The van der Waals surface area contributed by atoms with Crippen LogP contribution in [0.25, 0.3) is 0 Å². The van der Waals surface area contributed by atoms with E-state index in [4.69, 9.17) is 0 Å². The Morgan fingerprint density at radius 2 is 2.07 bits per heavy atom. The predicted octanol–water partition coefficient (Wildman–Crippen LogP) is 1.54. The van der Waals surface area contributed by atoms with E-state index in [-0.39, 0.29) is 5.91 Å². The van der Waals surface area contributed by atoms with Crippen LogP contribution in [0.2, 0.25) is 0 Å². The molecule has 0 saturated carbocycles.